The molecular formula is C23H28O3S. The molecule has 2 N–H and O–H groups in total. The Kier molecular flexibility index (Phi) is 5.88. The summed E-state index contributed by atoms with van der Waals surface area (Å²) in [6, 6.07) is 15.5. The van der Waals surface area contributed by atoms with Crippen LogP contribution in [0.1, 0.15) is 60.0 Å². The van der Waals surface area contributed by atoms with E-state index in [2.05, 4.69) is 48.7 Å². The second-order valence-corrected chi connectivity index (χ2v) is 8.69. The van der Waals surface area contributed by atoms with E-state index in [1.165, 1.54) is 34.4 Å². The molecule has 0 bridgehead atoms. The van der Waals surface area contributed by atoms with Gasteiger partial charge in [-0.3, -0.25) is 0 Å². The Balaban J connectivity index is 1.60. The Bertz CT molecular complexity index is 770. The van der Waals surface area contributed by atoms with Crippen molar-refractivity contribution in [3.63, 3.8) is 0 Å². The molecule has 1 heterocycles. The first kappa shape index (κ1) is 19.0. The molecule has 0 radical (unpaired) electrons. The van der Waals surface area contributed by atoms with Crippen LogP contribution in [-0.4, -0.2) is 35.3 Å². The number of hydrogen-bond donors (Lipinski definition) is 2. The van der Waals surface area contributed by atoms with Crippen molar-refractivity contribution in [3.8, 4) is 0 Å². The maximum absolute atomic E-state index is 10.2. The summed E-state index contributed by atoms with van der Waals surface area (Å²) in [4.78, 5) is 1.29. The SMILES string of the molecule is CSc1ccc(Cc2cc([C@H]3C[C@@H](O)C[C@@H](CO)O3)ccc2C2CC2)cc1. The van der Waals surface area contributed by atoms with Crippen molar-refractivity contribution < 1.29 is 14.9 Å². The molecule has 3 nitrogen and oxygen atoms in total. The second kappa shape index (κ2) is 8.36. The van der Waals surface area contributed by atoms with Crippen molar-refractivity contribution in [2.24, 2.45) is 0 Å². The van der Waals surface area contributed by atoms with E-state index in [1.807, 2.05) is 0 Å². The molecule has 0 spiro atoms. The zero-order chi connectivity index (χ0) is 18.8. The minimum Gasteiger partial charge on any atom is -0.394 e. The number of rotatable bonds is 6. The van der Waals surface area contributed by atoms with E-state index in [4.69, 9.17) is 4.74 Å². The van der Waals surface area contributed by atoms with Crippen LogP contribution in [0.25, 0.3) is 0 Å². The highest BCUT2D eigenvalue weighted by Crippen LogP contribution is 2.43. The maximum atomic E-state index is 10.2. The first-order valence-corrected chi connectivity index (χ1v) is 11.1. The highest BCUT2D eigenvalue weighted by molar-refractivity contribution is 7.98. The summed E-state index contributed by atoms with van der Waals surface area (Å²) < 4.78 is 6.03. The molecule has 144 valence electrons. The van der Waals surface area contributed by atoms with E-state index in [0.717, 1.165) is 12.0 Å². The third-order valence-corrected chi connectivity index (χ3v) is 6.43. The molecule has 2 aliphatic rings. The average Bonchev–Trinajstić information content (AvgIpc) is 3.53. The predicted octanol–water partition coefficient (Wildman–Crippen LogP) is 4.45. The maximum Gasteiger partial charge on any atom is 0.0854 e. The van der Waals surface area contributed by atoms with Gasteiger partial charge < -0.3 is 14.9 Å². The van der Waals surface area contributed by atoms with Crippen molar-refractivity contribution in [3.05, 3.63) is 64.7 Å². The summed E-state index contributed by atoms with van der Waals surface area (Å²) in [6.45, 7) is -0.0393. The number of thioether (sulfide) groups is 1. The molecule has 4 rings (SSSR count). The fourth-order valence-corrected chi connectivity index (χ4v) is 4.47. The van der Waals surface area contributed by atoms with Crippen molar-refractivity contribution in [2.45, 2.75) is 61.2 Å². The molecule has 2 fully saturated rings. The number of benzene rings is 2. The third-order valence-electron chi connectivity index (χ3n) is 5.69. The molecule has 1 aliphatic carbocycles. The van der Waals surface area contributed by atoms with Crippen LogP contribution in [0.15, 0.2) is 47.4 Å². The van der Waals surface area contributed by atoms with E-state index in [9.17, 15) is 10.2 Å². The molecule has 0 unspecified atom stereocenters. The van der Waals surface area contributed by atoms with Crippen LogP contribution in [0.4, 0.5) is 0 Å². The normalized spacial score (nSPS) is 25.5. The quantitative estimate of drug-likeness (QED) is 0.723. The molecule has 1 saturated heterocycles. The Morgan fingerprint density at radius 2 is 1.85 bits per heavy atom. The van der Waals surface area contributed by atoms with E-state index in [-0.39, 0.29) is 18.8 Å². The number of ether oxygens (including phenoxy) is 1. The topological polar surface area (TPSA) is 49.7 Å². The highest BCUT2D eigenvalue weighted by atomic mass is 32.2. The lowest BCUT2D eigenvalue weighted by Gasteiger charge is -2.33. The molecule has 0 aromatic heterocycles. The van der Waals surface area contributed by atoms with Crippen LogP contribution < -0.4 is 0 Å². The summed E-state index contributed by atoms with van der Waals surface area (Å²) in [7, 11) is 0. The Morgan fingerprint density at radius 1 is 1.07 bits per heavy atom. The minimum absolute atomic E-state index is 0.0393. The Labute approximate surface area is 165 Å². The lowest BCUT2D eigenvalue weighted by atomic mass is 9.90. The molecule has 1 aliphatic heterocycles. The Morgan fingerprint density at radius 3 is 2.52 bits per heavy atom. The summed E-state index contributed by atoms with van der Waals surface area (Å²) in [6.07, 6.45) is 5.87. The molecule has 4 heteroatoms. The summed E-state index contributed by atoms with van der Waals surface area (Å²) in [5.74, 6) is 0.697. The summed E-state index contributed by atoms with van der Waals surface area (Å²) in [5.41, 5.74) is 5.27. The van der Waals surface area contributed by atoms with E-state index in [0.29, 0.717) is 18.8 Å². The van der Waals surface area contributed by atoms with Crippen molar-refractivity contribution in [1.82, 2.24) is 0 Å². The van der Waals surface area contributed by atoms with Crippen LogP contribution in [-0.2, 0) is 11.2 Å². The predicted molar refractivity (Wildman–Crippen MR) is 109 cm³/mol. The number of aliphatic hydroxyl groups excluding tert-OH is 2. The van der Waals surface area contributed by atoms with Crippen LogP contribution >= 0.6 is 11.8 Å². The lowest BCUT2D eigenvalue weighted by Crippen LogP contribution is -2.33. The fraction of sp³-hybridized carbons (Fsp3) is 0.478. The van der Waals surface area contributed by atoms with Gasteiger partial charge in [-0.15, -0.1) is 11.8 Å². The second-order valence-electron chi connectivity index (χ2n) is 7.81. The standard InChI is InChI=1S/C23H28O3S/c1-27-21-7-2-15(3-8-21)10-18-11-17(6-9-22(18)16-4-5-16)23-13-19(25)12-20(14-24)26-23/h2-3,6-9,11,16,19-20,23-25H,4-5,10,12-14H2,1H3/t19-,20-,23+/m0/s1. The van der Waals surface area contributed by atoms with Gasteiger partial charge in [0.1, 0.15) is 0 Å². The van der Waals surface area contributed by atoms with E-state index >= 15 is 0 Å². The van der Waals surface area contributed by atoms with Crippen molar-refractivity contribution >= 4 is 11.8 Å². The van der Waals surface area contributed by atoms with Gasteiger partial charge in [0.2, 0.25) is 0 Å². The summed E-state index contributed by atoms with van der Waals surface area (Å²) in [5, 5.41) is 19.6. The monoisotopic (exact) mass is 384 g/mol. The molecule has 0 amide bonds. The van der Waals surface area contributed by atoms with Gasteiger partial charge in [0.25, 0.3) is 0 Å². The molecule has 2 aromatic carbocycles. The first-order valence-electron chi connectivity index (χ1n) is 9.86. The van der Waals surface area contributed by atoms with Gasteiger partial charge in [-0.1, -0.05) is 30.3 Å². The fourth-order valence-electron chi connectivity index (χ4n) is 4.06. The molecule has 1 saturated carbocycles. The molecular weight excluding hydrogens is 356 g/mol. The van der Waals surface area contributed by atoms with Crippen LogP contribution in [0.5, 0.6) is 0 Å². The molecule has 2 aromatic rings. The lowest BCUT2D eigenvalue weighted by molar-refractivity contribution is -0.113. The van der Waals surface area contributed by atoms with E-state index < -0.39 is 6.10 Å². The van der Waals surface area contributed by atoms with Gasteiger partial charge in [-0.05, 0) is 65.8 Å². The minimum atomic E-state index is -0.411. The highest BCUT2D eigenvalue weighted by Gasteiger charge is 2.31. The Hall–Kier alpha value is -1.33. The number of hydrogen-bond acceptors (Lipinski definition) is 4. The van der Waals surface area contributed by atoms with Gasteiger partial charge in [-0.25, -0.2) is 0 Å². The van der Waals surface area contributed by atoms with Crippen LogP contribution in [0, 0.1) is 0 Å². The van der Waals surface area contributed by atoms with Gasteiger partial charge >= 0.3 is 0 Å². The zero-order valence-corrected chi connectivity index (χ0v) is 16.6. The van der Waals surface area contributed by atoms with Gasteiger partial charge in [0.15, 0.2) is 0 Å². The zero-order valence-electron chi connectivity index (χ0n) is 15.8. The van der Waals surface area contributed by atoms with Crippen molar-refractivity contribution in [1.29, 1.82) is 0 Å². The molecule has 27 heavy (non-hydrogen) atoms. The van der Waals surface area contributed by atoms with Crippen LogP contribution in [0.2, 0.25) is 0 Å². The largest absolute Gasteiger partial charge is 0.394 e. The van der Waals surface area contributed by atoms with Gasteiger partial charge in [0.05, 0.1) is 24.9 Å². The smallest absolute Gasteiger partial charge is 0.0854 e. The molecule has 3 atom stereocenters. The number of aliphatic hydroxyl groups is 2. The summed E-state index contributed by atoms with van der Waals surface area (Å²) >= 11 is 1.76. The average molecular weight is 385 g/mol. The van der Waals surface area contributed by atoms with Crippen LogP contribution in [0.3, 0.4) is 0 Å². The van der Waals surface area contributed by atoms with Gasteiger partial charge in [0, 0.05) is 17.7 Å². The van der Waals surface area contributed by atoms with Gasteiger partial charge in [-0.2, -0.15) is 0 Å². The van der Waals surface area contributed by atoms with Crippen molar-refractivity contribution in [2.75, 3.05) is 12.9 Å². The first-order chi connectivity index (χ1) is 13.2. The third kappa shape index (κ3) is 4.57. The van der Waals surface area contributed by atoms with E-state index in [1.54, 1.807) is 11.8 Å².